The van der Waals surface area contributed by atoms with Crippen molar-refractivity contribution < 1.29 is 8.78 Å². The van der Waals surface area contributed by atoms with Gasteiger partial charge in [0.25, 0.3) is 6.43 Å². The van der Waals surface area contributed by atoms with Crippen molar-refractivity contribution >= 4 is 55.1 Å². The largest absolute Gasteiger partial charge is 0.387 e. The molecule has 6 heteroatoms. The van der Waals surface area contributed by atoms with E-state index >= 15 is 0 Å². The molecule has 17 heavy (non-hydrogen) atoms. The second-order valence-electron chi connectivity index (χ2n) is 3.40. The first-order chi connectivity index (χ1) is 8.04. The summed E-state index contributed by atoms with van der Waals surface area (Å²) < 4.78 is 27.2. The normalized spacial score (nSPS) is 11.2. The first kappa shape index (κ1) is 12.9. The highest BCUT2D eigenvalue weighted by Gasteiger charge is 2.15. The number of hydrogen-bond donors (Lipinski definition) is 1. The van der Waals surface area contributed by atoms with E-state index in [2.05, 4.69) is 48.8 Å². The molecule has 0 atom stereocenters. The summed E-state index contributed by atoms with van der Waals surface area (Å²) in [4.78, 5) is 4.00. The van der Waals surface area contributed by atoms with Crippen LogP contribution >= 0.6 is 38.5 Å². The molecule has 1 aromatic carbocycles. The van der Waals surface area contributed by atoms with Crippen LogP contribution in [-0.4, -0.2) is 12.0 Å². The molecular weight excluding hydrogens is 405 g/mol. The van der Waals surface area contributed by atoms with Gasteiger partial charge >= 0.3 is 0 Å². The molecule has 0 bridgehead atoms. The van der Waals surface area contributed by atoms with E-state index in [9.17, 15) is 8.78 Å². The lowest BCUT2D eigenvalue weighted by molar-refractivity contribution is 0.146. The number of pyridine rings is 1. The average molecular weight is 413 g/mol. The highest BCUT2D eigenvalue weighted by Crippen LogP contribution is 2.34. The highest BCUT2D eigenvalue weighted by molar-refractivity contribution is 14.1. The molecule has 0 saturated carbocycles. The predicted octanol–water partition coefficient (Wildman–Crippen LogP) is 4.58. The second kappa shape index (κ2) is 5.01. The van der Waals surface area contributed by atoms with Crippen LogP contribution in [0.15, 0.2) is 22.7 Å². The Labute approximate surface area is 119 Å². The predicted molar refractivity (Wildman–Crippen MR) is 76.7 cm³/mol. The van der Waals surface area contributed by atoms with Gasteiger partial charge in [0.2, 0.25) is 0 Å². The maximum absolute atomic E-state index is 12.7. The van der Waals surface area contributed by atoms with Crippen LogP contribution in [0.3, 0.4) is 0 Å². The zero-order chi connectivity index (χ0) is 12.6. The van der Waals surface area contributed by atoms with Crippen LogP contribution in [0.25, 0.3) is 10.9 Å². The fourth-order valence-electron chi connectivity index (χ4n) is 1.60. The average Bonchev–Trinajstić information content (AvgIpc) is 2.32. The van der Waals surface area contributed by atoms with Crippen molar-refractivity contribution in [3.8, 4) is 0 Å². The maximum atomic E-state index is 12.7. The Morgan fingerprint density at radius 1 is 1.41 bits per heavy atom. The van der Waals surface area contributed by atoms with E-state index in [1.54, 1.807) is 7.05 Å². The van der Waals surface area contributed by atoms with Crippen LogP contribution in [-0.2, 0) is 0 Å². The molecule has 0 fully saturated rings. The van der Waals surface area contributed by atoms with Gasteiger partial charge in [-0.3, -0.25) is 0 Å². The molecule has 0 aliphatic rings. The molecule has 0 saturated heterocycles. The van der Waals surface area contributed by atoms with Crippen LogP contribution in [0.4, 0.5) is 14.5 Å². The smallest absolute Gasteiger partial charge is 0.280 e. The number of nitrogens with zero attached hydrogens (tertiary/aromatic N) is 1. The minimum atomic E-state index is -2.57. The lowest BCUT2D eigenvalue weighted by atomic mass is 10.1. The van der Waals surface area contributed by atoms with Crippen molar-refractivity contribution in [2.45, 2.75) is 6.43 Å². The fraction of sp³-hybridized carbons (Fsp3) is 0.182. The van der Waals surface area contributed by atoms with Gasteiger partial charge in [0.15, 0.2) is 0 Å². The van der Waals surface area contributed by atoms with Gasteiger partial charge in [-0.2, -0.15) is 0 Å². The first-order valence-electron chi connectivity index (χ1n) is 4.79. The monoisotopic (exact) mass is 412 g/mol. The van der Waals surface area contributed by atoms with Gasteiger partial charge in [-0.25, -0.2) is 13.8 Å². The van der Waals surface area contributed by atoms with Crippen molar-refractivity contribution in [1.82, 2.24) is 4.98 Å². The van der Waals surface area contributed by atoms with Crippen molar-refractivity contribution in [2.75, 3.05) is 12.4 Å². The lowest BCUT2D eigenvalue weighted by Gasteiger charge is -2.11. The number of rotatable bonds is 2. The molecule has 0 amide bonds. The Morgan fingerprint density at radius 2 is 2.12 bits per heavy atom. The second-order valence-corrected chi connectivity index (χ2v) is 5.41. The molecule has 0 aliphatic heterocycles. The van der Waals surface area contributed by atoms with Gasteiger partial charge in [0.1, 0.15) is 5.69 Å². The Bertz CT molecular complexity index is 575. The maximum Gasteiger partial charge on any atom is 0.280 e. The summed E-state index contributed by atoms with van der Waals surface area (Å²) in [6.45, 7) is 0. The minimum absolute atomic E-state index is 0.218. The Hall–Kier alpha value is -0.500. The molecule has 1 N–H and O–H groups in total. The quantitative estimate of drug-likeness (QED) is 0.730. The lowest BCUT2D eigenvalue weighted by Crippen LogP contribution is -1.98. The van der Waals surface area contributed by atoms with Gasteiger partial charge < -0.3 is 5.32 Å². The fourth-order valence-corrected chi connectivity index (χ4v) is 2.74. The van der Waals surface area contributed by atoms with Gasteiger partial charge in [-0.1, -0.05) is 0 Å². The summed E-state index contributed by atoms with van der Waals surface area (Å²) in [5.74, 6) is 0. The molecule has 90 valence electrons. The number of fused-ring (bicyclic) bond motifs is 1. The number of anilines is 1. The molecule has 1 heterocycles. The third-order valence-corrected chi connectivity index (χ3v) is 3.91. The molecule has 1 aromatic heterocycles. The number of aromatic nitrogens is 1. The van der Waals surface area contributed by atoms with Crippen molar-refractivity contribution in [3.05, 3.63) is 31.9 Å². The summed E-state index contributed by atoms with van der Waals surface area (Å²) in [6.07, 6.45) is -2.57. The van der Waals surface area contributed by atoms with Crippen LogP contribution in [0, 0.1) is 3.57 Å². The van der Waals surface area contributed by atoms with Gasteiger partial charge in [0.05, 0.1) is 5.52 Å². The molecule has 2 nitrogen and oxygen atoms in total. The number of hydrogen-bond acceptors (Lipinski definition) is 2. The standard InChI is InChI=1S/C11H8BrF2IN2/c1-16-7-4-8(11(13)14)17-10-5(12)2-3-6(15)9(7)10/h2-4,11H,1H3,(H,16,17). The minimum Gasteiger partial charge on any atom is -0.387 e. The molecule has 0 radical (unpaired) electrons. The van der Waals surface area contributed by atoms with E-state index in [1.807, 2.05) is 12.1 Å². The summed E-state index contributed by atoms with van der Waals surface area (Å²) in [5, 5.41) is 3.79. The Kier molecular flexibility index (Phi) is 3.82. The van der Waals surface area contributed by atoms with E-state index in [0.29, 0.717) is 15.7 Å². The zero-order valence-corrected chi connectivity index (χ0v) is 12.5. The van der Waals surface area contributed by atoms with Crippen LogP contribution in [0.5, 0.6) is 0 Å². The van der Waals surface area contributed by atoms with E-state index in [-0.39, 0.29) is 5.69 Å². The SMILES string of the molecule is CNc1cc(C(F)F)nc2c(Br)ccc(I)c12. The molecule has 0 unspecified atom stereocenters. The van der Waals surface area contributed by atoms with E-state index in [0.717, 1.165) is 8.96 Å². The Morgan fingerprint density at radius 3 is 2.71 bits per heavy atom. The van der Waals surface area contributed by atoms with Gasteiger partial charge in [-0.05, 0) is 56.7 Å². The third kappa shape index (κ3) is 2.37. The Balaban J connectivity index is 2.87. The van der Waals surface area contributed by atoms with E-state index in [4.69, 9.17) is 0 Å². The summed E-state index contributed by atoms with van der Waals surface area (Å²) in [6, 6.07) is 5.12. The molecular formula is C11H8BrF2IN2. The van der Waals surface area contributed by atoms with Crippen LogP contribution in [0.1, 0.15) is 12.1 Å². The first-order valence-corrected chi connectivity index (χ1v) is 6.66. The molecule has 0 spiro atoms. The van der Waals surface area contributed by atoms with Crippen LogP contribution < -0.4 is 5.32 Å². The number of alkyl halides is 2. The third-order valence-electron chi connectivity index (χ3n) is 2.37. The number of halogens is 4. The summed E-state index contributed by atoms with van der Waals surface area (Å²) >= 11 is 5.50. The van der Waals surface area contributed by atoms with Crippen LogP contribution in [0.2, 0.25) is 0 Å². The van der Waals surface area contributed by atoms with E-state index in [1.165, 1.54) is 6.07 Å². The molecule has 2 rings (SSSR count). The number of nitrogens with one attached hydrogen (secondary N) is 1. The van der Waals surface area contributed by atoms with Gasteiger partial charge in [-0.15, -0.1) is 0 Å². The highest BCUT2D eigenvalue weighted by atomic mass is 127. The molecule has 2 aromatic rings. The van der Waals surface area contributed by atoms with Crippen molar-refractivity contribution in [3.63, 3.8) is 0 Å². The van der Waals surface area contributed by atoms with E-state index < -0.39 is 6.43 Å². The topological polar surface area (TPSA) is 24.9 Å². The van der Waals surface area contributed by atoms with Crippen molar-refractivity contribution in [1.29, 1.82) is 0 Å². The van der Waals surface area contributed by atoms with Crippen molar-refractivity contribution in [2.24, 2.45) is 0 Å². The van der Waals surface area contributed by atoms with Gasteiger partial charge in [0, 0.05) is 26.2 Å². The summed E-state index contributed by atoms with van der Waals surface area (Å²) in [5.41, 5.74) is 1.000. The molecule has 0 aliphatic carbocycles. The zero-order valence-electron chi connectivity index (χ0n) is 8.77. The summed E-state index contributed by atoms with van der Waals surface area (Å²) in [7, 11) is 1.71. The number of benzene rings is 1.